The zero-order valence-corrected chi connectivity index (χ0v) is 20.6. The number of hydrogen-bond acceptors (Lipinski definition) is 7. The predicted octanol–water partition coefficient (Wildman–Crippen LogP) is 5.39. The summed E-state index contributed by atoms with van der Waals surface area (Å²) in [5.74, 6) is -0.754. The molecule has 184 valence electrons. The van der Waals surface area contributed by atoms with Crippen molar-refractivity contribution in [1.82, 2.24) is 15.0 Å². The fraction of sp³-hybridized carbons (Fsp3) is 0.292. The summed E-state index contributed by atoms with van der Waals surface area (Å²) in [6.45, 7) is 0. The molecule has 11 heteroatoms. The predicted molar refractivity (Wildman–Crippen MR) is 134 cm³/mol. The average Bonchev–Trinajstić information content (AvgIpc) is 2.85. The summed E-state index contributed by atoms with van der Waals surface area (Å²) in [4.78, 5) is 12.5. The number of hydrogen-bond donors (Lipinski definition) is 2. The monoisotopic (exact) mass is 517 g/mol. The highest BCUT2D eigenvalue weighted by molar-refractivity contribution is 7.92. The average molecular weight is 518 g/mol. The van der Waals surface area contributed by atoms with Gasteiger partial charge in [0.15, 0.2) is 11.6 Å². The molecule has 0 bridgehead atoms. The Morgan fingerprint density at radius 1 is 1.11 bits per heavy atom. The van der Waals surface area contributed by atoms with Crippen molar-refractivity contribution < 1.29 is 17.5 Å². The van der Waals surface area contributed by atoms with Crippen LogP contribution in [0.2, 0.25) is 5.02 Å². The van der Waals surface area contributed by atoms with E-state index in [0.29, 0.717) is 23.1 Å². The largest absolute Gasteiger partial charge is 0.481 e. The van der Waals surface area contributed by atoms with E-state index in [1.165, 1.54) is 44.6 Å². The Morgan fingerprint density at radius 3 is 2.51 bits per heavy atom. The van der Waals surface area contributed by atoms with Gasteiger partial charge in [-0.3, -0.25) is 4.72 Å². The maximum atomic E-state index is 14.8. The van der Waals surface area contributed by atoms with Crippen LogP contribution in [0, 0.1) is 5.82 Å². The quantitative estimate of drug-likeness (QED) is 0.412. The van der Waals surface area contributed by atoms with Gasteiger partial charge in [-0.1, -0.05) is 49.1 Å². The topological polar surface area (TPSA) is 106 Å². The van der Waals surface area contributed by atoms with Crippen molar-refractivity contribution >= 4 is 45.5 Å². The Balaban J connectivity index is 1.49. The van der Waals surface area contributed by atoms with Crippen LogP contribution in [-0.4, -0.2) is 36.5 Å². The molecule has 0 saturated heterocycles. The molecule has 0 aliphatic heterocycles. The van der Waals surface area contributed by atoms with Crippen molar-refractivity contribution in [2.24, 2.45) is 0 Å². The molecule has 0 amide bonds. The number of nitrogens with one attached hydrogen (secondary N) is 2. The summed E-state index contributed by atoms with van der Waals surface area (Å²) in [5, 5.41) is 3.37. The molecule has 3 aromatic rings. The van der Waals surface area contributed by atoms with Crippen LogP contribution in [-0.2, 0) is 10.0 Å². The Hall–Kier alpha value is -3.24. The standard InChI is InChI=1S/C24H25ClFN5O3S/c1-34-23-17(12-11-16-14-27-24(28-15-16)29-18-7-3-2-4-8-18)13-20(26)22(30-23)31-35(32,33)21-10-6-5-9-19(21)25/h5-6,9-15,18H,2-4,7-8H2,1H3,(H,30,31)(H,27,28,29)/b12-11+. The van der Waals surface area contributed by atoms with E-state index in [0.717, 1.165) is 18.9 Å². The lowest BCUT2D eigenvalue weighted by Crippen LogP contribution is -2.23. The van der Waals surface area contributed by atoms with Gasteiger partial charge in [0.2, 0.25) is 11.8 Å². The molecule has 35 heavy (non-hydrogen) atoms. The van der Waals surface area contributed by atoms with Gasteiger partial charge in [0.25, 0.3) is 10.0 Å². The molecule has 1 fully saturated rings. The second kappa shape index (κ2) is 11.0. The van der Waals surface area contributed by atoms with Crippen LogP contribution >= 0.6 is 11.6 Å². The summed E-state index contributed by atoms with van der Waals surface area (Å²) in [6, 6.07) is 7.38. The number of aromatic nitrogens is 3. The van der Waals surface area contributed by atoms with E-state index in [1.54, 1.807) is 30.6 Å². The molecule has 1 aliphatic carbocycles. The second-order valence-electron chi connectivity index (χ2n) is 8.11. The van der Waals surface area contributed by atoms with E-state index in [4.69, 9.17) is 16.3 Å². The number of methoxy groups -OCH3 is 1. The lowest BCUT2D eigenvalue weighted by molar-refractivity contribution is 0.396. The molecule has 4 rings (SSSR count). The van der Waals surface area contributed by atoms with Crippen LogP contribution in [0.25, 0.3) is 12.2 Å². The first-order valence-electron chi connectivity index (χ1n) is 11.1. The molecule has 2 heterocycles. The van der Waals surface area contributed by atoms with Crippen LogP contribution in [0.5, 0.6) is 5.88 Å². The van der Waals surface area contributed by atoms with Crippen LogP contribution in [0.4, 0.5) is 16.2 Å². The van der Waals surface area contributed by atoms with Gasteiger partial charge in [-0.2, -0.15) is 4.98 Å². The highest BCUT2D eigenvalue weighted by Crippen LogP contribution is 2.28. The smallest absolute Gasteiger partial charge is 0.264 e. The number of benzene rings is 1. The van der Waals surface area contributed by atoms with Crippen molar-refractivity contribution in [2.45, 2.75) is 43.0 Å². The van der Waals surface area contributed by atoms with E-state index < -0.39 is 21.7 Å². The second-order valence-corrected chi connectivity index (χ2v) is 10.2. The van der Waals surface area contributed by atoms with Gasteiger partial charge < -0.3 is 10.1 Å². The van der Waals surface area contributed by atoms with Gasteiger partial charge >= 0.3 is 0 Å². The zero-order valence-electron chi connectivity index (χ0n) is 19.0. The maximum absolute atomic E-state index is 14.8. The molecular formula is C24H25ClFN5O3S. The van der Waals surface area contributed by atoms with Gasteiger partial charge in [0.05, 0.1) is 12.1 Å². The minimum Gasteiger partial charge on any atom is -0.481 e. The van der Waals surface area contributed by atoms with Gasteiger partial charge in [-0.25, -0.2) is 22.8 Å². The first kappa shape index (κ1) is 24.9. The normalized spacial score (nSPS) is 14.7. The molecule has 1 aromatic carbocycles. The van der Waals surface area contributed by atoms with Gasteiger partial charge in [-0.15, -0.1) is 0 Å². The van der Waals surface area contributed by atoms with E-state index in [2.05, 4.69) is 25.0 Å². The minimum absolute atomic E-state index is 0.00843. The molecule has 2 N–H and O–H groups in total. The molecule has 0 radical (unpaired) electrons. The Morgan fingerprint density at radius 2 is 1.83 bits per heavy atom. The molecular weight excluding hydrogens is 493 g/mol. The van der Waals surface area contributed by atoms with Gasteiger partial charge in [0.1, 0.15) is 4.90 Å². The fourth-order valence-corrected chi connectivity index (χ4v) is 5.33. The lowest BCUT2D eigenvalue weighted by Gasteiger charge is -2.22. The summed E-state index contributed by atoms with van der Waals surface area (Å²) in [5.41, 5.74) is 1.01. The highest BCUT2D eigenvalue weighted by atomic mass is 35.5. The highest BCUT2D eigenvalue weighted by Gasteiger charge is 2.21. The summed E-state index contributed by atoms with van der Waals surface area (Å²) < 4.78 is 47.4. The number of rotatable bonds is 8. The molecule has 1 saturated carbocycles. The Labute approximate surface area is 208 Å². The first-order chi connectivity index (χ1) is 16.9. The molecule has 0 unspecified atom stereocenters. The number of sulfonamides is 1. The van der Waals surface area contributed by atoms with E-state index in [-0.39, 0.29) is 15.8 Å². The lowest BCUT2D eigenvalue weighted by atomic mass is 9.96. The fourth-order valence-electron chi connectivity index (χ4n) is 3.80. The van der Waals surface area contributed by atoms with Gasteiger partial charge in [-0.05, 0) is 37.1 Å². The van der Waals surface area contributed by atoms with E-state index in [9.17, 15) is 12.8 Å². The van der Waals surface area contributed by atoms with E-state index >= 15 is 0 Å². The van der Waals surface area contributed by atoms with Crippen LogP contribution in [0.15, 0.2) is 47.6 Å². The molecule has 1 aliphatic rings. The van der Waals surface area contributed by atoms with Crippen molar-refractivity contribution in [3.63, 3.8) is 0 Å². The third-order valence-corrected chi connectivity index (χ3v) is 7.42. The number of ether oxygens (including phenoxy) is 1. The van der Waals surface area contributed by atoms with Crippen molar-refractivity contribution in [1.29, 1.82) is 0 Å². The Bertz CT molecular complexity index is 1310. The Kier molecular flexibility index (Phi) is 7.82. The minimum atomic E-state index is -4.16. The first-order valence-corrected chi connectivity index (χ1v) is 13.0. The van der Waals surface area contributed by atoms with Crippen LogP contribution in [0.3, 0.4) is 0 Å². The third kappa shape index (κ3) is 6.26. The number of pyridine rings is 1. The summed E-state index contributed by atoms with van der Waals surface area (Å²) in [7, 11) is -2.80. The number of anilines is 2. The molecule has 8 nitrogen and oxygen atoms in total. The SMILES string of the molecule is COc1nc(NS(=O)(=O)c2ccccc2Cl)c(F)cc1/C=C/c1cnc(NC2CCCCC2)nc1. The van der Waals surface area contributed by atoms with Gasteiger partial charge in [0, 0.05) is 29.6 Å². The van der Waals surface area contributed by atoms with Crippen LogP contribution in [0.1, 0.15) is 43.2 Å². The zero-order chi connectivity index (χ0) is 24.8. The summed E-state index contributed by atoms with van der Waals surface area (Å²) in [6.07, 6.45) is 12.5. The van der Waals surface area contributed by atoms with E-state index in [1.807, 2.05) is 0 Å². The van der Waals surface area contributed by atoms with Crippen molar-refractivity contribution in [3.8, 4) is 5.88 Å². The summed E-state index contributed by atoms with van der Waals surface area (Å²) >= 11 is 5.98. The number of nitrogens with zero attached hydrogens (tertiary/aromatic N) is 3. The van der Waals surface area contributed by atoms with Crippen molar-refractivity contribution in [2.75, 3.05) is 17.1 Å². The third-order valence-electron chi connectivity index (χ3n) is 5.58. The molecule has 2 aromatic heterocycles. The van der Waals surface area contributed by atoms with Crippen molar-refractivity contribution in [3.05, 3.63) is 64.7 Å². The molecule has 0 spiro atoms. The van der Waals surface area contributed by atoms with Crippen LogP contribution < -0.4 is 14.8 Å². The molecule has 0 atom stereocenters. The number of halogens is 2. The maximum Gasteiger partial charge on any atom is 0.264 e.